The van der Waals surface area contributed by atoms with Crippen molar-refractivity contribution in [2.45, 2.75) is 19.9 Å². The molecule has 0 aliphatic rings. The van der Waals surface area contributed by atoms with E-state index in [1.807, 2.05) is 61.5 Å². The lowest BCUT2D eigenvalue weighted by Gasteiger charge is -2.21. The molecule has 6 heteroatoms. The summed E-state index contributed by atoms with van der Waals surface area (Å²) in [7, 11) is 0. The lowest BCUT2D eigenvalue weighted by molar-refractivity contribution is -0.133. The molecular formula is C26H27NO5. The molecule has 1 N–H and O–H groups in total. The van der Waals surface area contributed by atoms with Gasteiger partial charge in [0.1, 0.15) is 17.1 Å². The van der Waals surface area contributed by atoms with Crippen LogP contribution in [-0.2, 0) is 17.8 Å². The van der Waals surface area contributed by atoms with Crippen LogP contribution in [0.4, 0.5) is 0 Å². The molecule has 0 fully saturated rings. The number of carbonyl (C=O) groups excluding carboxylic acids is 1. The topological polar surface area (TPSA) is 76.1 Å². The van der Waals surface area contributed by atoms with Gasteiger partial charge in [0, 0.05) is 19.5 Å². The number of ether oxygens (including phenoxy) is 2. The number of aromatic carboxylic acids is 1. The number of hydrogen-bond donors (Lipinski definition) is 1. The van der Waals surface area contributed by atoms with Crippen molar-refractivity contribution in [1.29, 1.82) is 0 Å². The Bertz CT molecular complexity index is 1040. The van der Waals surface area contributed by atoms with Crippen molar-refractivity contribution in [3.63, 3.8) is 0 Å². The molecule has 0 saturated carbocycles. The van der Waals surface area contributed by atoms with Gasteiger partial charge >= 0.3 is 5.97 Å². The van der Waals surface area contributed by atoms with Crippen molar-refractivity contribution in [2.75, 3.05) is 19.8 Å². The van der Waals surface area contributed by atoms with Gasteiger partial charge in [-0.05, 0) is 42.3 Å². The summed E-state index contributed by atoms with van der Waals surface area (Å²) < 4.78 is 11.4. The molecule has 0 aliphatic heterocycles. The minimum absolute atomic E-state index is 0.0351. The molecule has 0 heterocycles. The Labute approximate surface area is 188 Å². The molecular weight excluding hydrogens is 406 g/mol. The largest absolute Gasteiger partial charge is 0.492 e. The summed E-state index contributed by atoms with van der Waals surface area (Å²) in [6.07, 6.45) is 0.578. The first-order chi connectivity index (χ1) is 15.6. The summed E-state index contributed by atoms with van der Waals surface area (Å²) in [5.41, 5.74) is 2.19. The maximum atomic E-state index is 12.6. The zero-order valence-electron chi connectivity index (χ0n) is 18.1. The number of amides is 1. The van der Waals surface area contributed by atoms with Gasteiger partial charge in [-0.2, -0.15) is 0 Å². The average Bonchev–Trinajstić information content (AvgIpc) is 2.82. The first kappa shape index (κ1) is 22.9. The Morgan fingerprint density at radius 2 is 1.59 bits per heavy atom. The Morgan fingerprint density at radius 1 is 0.875 bits per heavy atom. The van der Waals surface area contributed by atoms with Crippen molar-refractivity contribution < 1.29 is 24.2 Å². The Balaban J connectivity index is 1.51. The highest BCUT2D eigenvalue weighted by atomic mass is 16.5. The van der Waals surface area contributed by atoms with E-state index in [2.05, 4.69) is 0 Å². The predicted molar refractivity (Wildman–Crippen MR) is 122 cm³/mol. The number of para-hydroxylation sites is 1. The maximum absolute atomic E-state index is 12.6. The van der Waals surface area contributed by atoms with Crippen LogP contribution >= 0.6 is 0 Å². The highest BCUT2D eigenvalue weighted by Gasteiger charge is 2.13. The van der Waals surface area contributed by atoms with Crippen LogP contribution in [0.15, 0.2) is 78.9 Å². The number of hydrogen-bond acceptors (Lipinski definition) is 4. The fraction of sp³-hybridized carbons (Fsp3) is 0.231. The van der Waals surface area contributed by atoms with E-state index in [-0.39, 0.29) is 18.1 Å². The number of likely N-dealkylation sites (N-methyl/N-ethyl adjacent to an activating group) is 1. The van der Waals surface area contributed by atoms with E-state index in [1.54, 1.807) is 23.1 Å². The van der Waals surface area contributed by atoms with E-state index >= 15 is 0 Å². The summed E-state index contributed by atoms with van der Waals surface area (Å²) in [6, 6.07) is 23.9. The summed E-state index contributed by atoms with van der Waals surface area (Å²) in [4.78, 5) is 25.6. The molecule has 0 radical (unpaired) electrons. The van der Waals surface area contributed by atoms with Crippen LogP contribution < -0.4 is 9.47 Å². The lowest BCUT2D eigenvalue weighted by Crippen LogP contribution is -2.34. The van der Waals surface area contributed by atoms with Crippen LogP contribution in [0.3, 0.4) is 0 Å². The van der Waals surface area contributed by atoms with E-state index in [0.29, 0.717) is 37.6 Å². The van der Waals surface area contributed by atoms with E-state index in [9.17, 15) is 14.7 Å². The van der Waals surface area contributed by atoms with Gasteiger partial charge in [-0.1, -0.05) is 54.6 Å². The molecule has 1 amide bonds. The summed E-state index contributed by atoms with van der Waals surface area (Å²) in [5, 5.41) is 9.23. The molecule has 6 nitrogen and oxygen atoms in total. The van der Waals surface area contributed by atoms with Crippen molar-refractivity contribution in [3.8, 4) is 11.5 Å². The normalized spacial score (nSPS) is 10.4. The molecule has 166 valence electrons. The molecule has 0 spiro atoms. The van der Waals surface area contributed by atoms with E-state index in [1.165, 1.54) is 6.07 Å². The first-order valence-electron chi connectivity index (χ1n) is 10.6. The lowest BCUT2D eigenvalue weighted by atomic mass is 10.1. The zero-order chi connectivity index (χ0) is 22.8. The second-order valence-electron chi connectivity index (χ2n) is 7.23. The second kappa shape index (κ2) is 11.6. The van der Waals surface area contributed by atoms with E-state index in [0.717, 1.165) is 11.1 Å². The van der Waals surface area contributed by atoms with Crippen LogP contribution in [0.5, 0.6) is 11.5 Å². The maximum Gasteiger partial charge on any atom is 0.339 e. The van der Waals surface area contributed by atoms with Gasteiger partial charge in [0.05, 0.1) is 6.61 Å². The van der Waals surface area contributed by atoms with Gasteiger partial charge < -0.3 is 19.5 Å². The smallest absolute Gasteiger partial charge is 0.339 e. The van der Waals surface area contributed by atoms with Gasteiger partial charge in [-0.25, -0.2) is 4.79 Å². The predicted octanol–water partition coefficient (Wildman–Crippen LogP) is 4.43. The summed E-state index contributed by atoms with van der Waals surface area (Å²) in [5.74, 6) is -0.141. The minimum Gasteiger partial charge on any atom is -0.492 e. The molecule has 0 saturated heterocycles. The molecule has 0 aromatic heterocycles. The summed E-state index contributed by atoms with van der Waals surface area (Å²) in [6.45, 7) is 3.39. The van der Waals surface area contributed by atoms with Gasteiger partial charge in [0.15, 0.2) is 6.61 Å². The molecule has 0 atom stereocenters. The number of nitrogens with zero attached hydrogens (tertiary/aromatic N) is 1. The van der Waals surface area contributed by atoms with E-state index in [4.69, 9.17) is 9.47 Å². The monoisotopic (exact) mass is 433 g/mol. The highest BCUT2D eigenvalue weighted by Crippen LogP contribution is 2.19. The standard InChI is InChI=1S/C26H27NO5/c1-2-27(18-21-9-4-3-5-10-21)25(28)19-32-22-12-8-11-20(17-22)15-16-31-24-14-7-6-13-23(24)26(29)30/h3-14,17H,2,15-16,18-19H2,1H3,(H,29,30). The van der Waals surface area contributed by atoms with Crippen molar-refractivity contribution >= 4 is 11.9 Å². The third kappa shape index (κ3) is 6.60. The molecule has 0 bridgehead atoms. The summed E-state index contributed by atoms with van der Waals surface area (Å²) >= 11 is 0. The van der Waals surface area contributed by atoms with Crippen LogP contribution in [-0.4, -0.2) is 41.6 Å². The fourth-order valence-electron chi connectivity index (χ4n) is 3.26. The van der Waals surface area contributed by atoms with Gasteiger partial charge in [0.25, 0.3) is 5.91 Å². The zero-order valence-corrected chi connectivity index (χ0v) is 18.1. The quantitative estimate of drug-likeness (QED) is 0.484. The Morgan fingerprint density at radius 3 is 2.34 bits per heavy atom. The molecule has 32 heavy (non-hydrogen) atoms. The molecule has 3 aromatic carbocycles. The number of rotatable bonds is 11. The van der Waals surface area contributed by atoms with Crippen molar-refractivity contribution in [2.24, 2.45) is 0 Å². The van der Waals surface area contributed by atoms with Crippen molar-refractivity contribution in [1.82, 2.24) is 4.90 Å². The van der Waals surface area contributed by atoms with Crippen LogP contribution in [0.2, 0.25) is 0 Å². The SMILES string of the molecule is CCN(Cc1ccccc1)C(=O)COc1cccc(CCOc2ccccc2C(=O)O)c1. The molecule has 3 rings (SSSR count). The number of benzene rings is 3. The van der Waals surface area contributed by atoms with Gasteiger partial charge in [-0.15, -0.1) is 0 Å². The van der Waals surface area contributed by atoms with Crippen LogP contribution in [0.25, 0.3) is 0 Å². The first-order valence-corrected chi connectivity index (χ1v) is 10.6. The van der Waals surface area contributed by atoms with Crippen LogP contribution in [0, 0.1) is 0 Å². The third-order valence-corrected chi connectivity index (χ3v) is 4.98. The van der Waals surface area contributed by atoms with Gasteiger partial charge in [-0.3, -0.25) is 4.79 Å². The minimum atomic E-state index is -1.02. The Kier molecular flexibility index (Phi) is 8.26. The number of carbonyl (C=O) groups is 2. The van der Waals surface area contributed by atoms with Gasteiger partial charge in [0.2, 0.25) is 0 Å². The number of carboxylic acids is 1. The molecule has 0 unspecified atom stereocenters. The fourth-order valence-corrected chi connectivity index (χ4v) is 3.26. The highest BCUT2D eigenvalue weighted by molar-refractivity contribution is 5.90. The molecule has 3 aromatic rings. The average molecular weight is 434 g/mol. The third-order valence-electron chi connectivity index (χ3n) is 4.98. The number of carboxylic acid groups (broad SMARTS) is 1. The second-order valence-corrected chi connectivity index (χ2v) is 7.23. The Hall–Kier alpha value is -3.80. The molecule has 0 aliphatic carbocycles. The van der Waals surface area contributed by atoms with E-state index < -0.39 is 5.97 Å². The van der Waals surface area contributed by atoms with Crippen molar-refractivity contribution in [3.05, 3.63) is 95.6 Å². The van der Waals surface area contributed by atoms with Crippen LogP contribution in [0.1, 0.15) is 28.4 Å².